The Morgan fingerprint density at radius 2 is 1.89 bits per heavy atom. The Bertz CT molecular complexity index is 457. The normalized spacial score (nSPS) is 23.1. The van der Waals surface area contributed by atoms with E-state index in [4.69, 9.17) is 5.73 Å². The van der Waals surface area contributed by atoms with E-state index in [1.807, 2.05) is 0 Å². The molecule has 19 heavy (non-hydrogen) atoms. The smallest absolute Gasteiger partial charge is 0.251 e. The topological polar surface area (TPSA) is 55.1 Å². The minimum Gasteiger partial charge on any atom is -0.349 e. The van der Waals surface area contributed by atoms with Crippen LogP contribution in [0.3, 0.4) is 0 Å². The molecule has 1 fully saturated rings. The number of rotatable bonds is 3. The van der Waals surface area contributed by atoms with E-state index in [1.54, 1.807) is 0 Å². The van der Waals surface area contributed by atoms with E-state index in [-0.39, 0.29) is 17.5 Å². The first kappa shape index (κ1) is 13.9. The van der Waals surface area contributed by atoms with Gasteiger partial charge in [0.2, 0.25) is 0 Å². The maximum atomic E-state index is 13.0. The van der Waals surface area contributed by atoms with Crippen LogP contribution >= 0.6 is 0 Å². The van der Waals surface area contributed by atoms with Gasteiger partial charge in [-0.2, -0.15) is 0 Å². The molecule has 1 aliphatic rings. The first-order valence-electron chi connectivity index (χ1n) is 6.56. The SMILES string of the molecule is NCC1CCC(NC(=O)c2ccc(F)c(F)c2)CC1. The van der Waals surface area contributed by atoms with Gasteiger partial charge in [0.05, 0.1) is 0 Å². The highest BCUT2D eigenvalue weighted by molar-refractivity contribution is 5.94. The minimum atomic E-state index is -1.00. The van der Waals surface area contributed by atoms with Crippen molar-refractivity contribution in [3.63, 3.8) is 0 Å². The van der Waals surface area contributed by atoms with E-state index in [0.29, 0.717) is 12.5 Å². The molecule has 3 nitrogen and oxygen atoms in total. The van der Waals surface area contributed by atoms with Gasteiger partial charge < -0.3 is 11.1 Å². The molecule has 1 saturated carbocycles. The molecule has 1 aromatic carbocycles. The number of halogens is 2. The van der Waals surface area contributed by atoms with Crippen LogP contribution in [0.4, 0.5) is 8.78 Å². The van der Waals surface area contributed by atoms with Gasteiger partial charge >= 0.3 is 0 Å². The largest absolute Gasteiger partial charge is 0.349 e. The summed E-state index contributed by atoms with van der Waals surface area (Å²) in [6, 6.07) is 3.29. The van der Waals surface area contributed by atoms with Crippen LogP contribution in [0.15, 0.2) is 18.2 Å². The van der Waals surface area contributed by atoms with Crippen LogP contribution in [0.25, 0.3) is 0 Å². The summed E-state index contributed by atoms with van der Waals surface area (Å²) in [5.41, 5.74) is 5.76. The molecule has 0 saturated heterocycles. The first-order chi connectivity index (χ1) is 9.10. The number of benzene rings is 1. The van der Waals surface area contributed by atoms with Crippen molar-refractivity contribution in [2.24, 2.45) is 11.7 Å². The zero-order valence-electron chi connectivity index (χ0n) is 10.7. The molecule has 0 radical (unpaired) electrons. The quantitative estimate of drug-likeness (QED) is 0.883. The van der Waals surface area contributed by atoms with Crippen LogP contribution < -0.4 is 11.1 Å². The van der Waals surface area contributed by atoms with E-state index in [2.05, 4.69) is 5.32 Å². The van der Waals surface area contributed by atoms with Crippen molar-refractivity contribution >= 4 is 5.91 Å². The van der Waals surface area contributed by atoms with Crippen LogP contribution in [0.5, 0.6) is 0 Å². The number of hydrogen-bond acceptors (Lipinski definition) is 2. The van der Waals surface area contributed by atoms with Gasteiger partial charge in [-0.1, -0.05) is 0 Å². The van der Waals surface area contributed by atoms with Gasteiger partial charge in [0.25, 0.3) is 5.91 Å². The molecule has 2 rings (SSSR count). The summed E-state index contributed by atoms with van der Waals surface area (Å²) in [5.74, 6) is -1.76. The number of nitrogens with two attached hydrogens (primary N) is 1. The van der Waals surface area contributed by atoms with Gasteiger partial charge in [-0.3, -0.25) is 4.79 Å². The summed E-state index contributed by atoms with van der Waals surface area (Å²) in [4.78, 5) is 11.9. The third-order valence-electron chi connectivity index (χ3n) is 3.70. The zero-order valence-corrected chi connectivity index (χ0v) is 10.7. The van der Waals surface area contributed by atoms with Crippen LogP contribution in [0, 0.1) is 17.6 Å². The van der Waals surface area contributed by atoms with Gasteiger partial charge in [-0.15, -0.1) is 0 Å². The van der Waals surface area contributed by atoms with Crippen molar-refractivity contribution in [2.45, 2.75) is 31.7 Å². The van der Waals surface area contributed by atoms with Gasteiger partial charge in [0.15, 0.2) is 11.6 Å². The number of carbonyl (C=O) groups is 1. The van der Waals surface area contributed by atoms with Crippen molar-refractivity contribution < 1.29 is 13.6 Å². The van der Waals surface area contributed by atoms with Crippen LogP contribution in [0.2, 0.25) is 0 Å². The molecule has 0 aromatic heterocycles. The Hall–Kier alpha value is -1.49. The monoisotopic (exact) mass is 268 g/mol. The van der Waals surface area contributed by atoms with E-state index >= 15 is 0 Å². The highest BCUT2D eigenvalue weighted by atomic mass is 19.2. The molecular weight excluding hydrogens is 250 g/mol. The third kappa shape index (κ3) is 3.50. The summed E-state index contributed by atoms with van der Waals surface area (Å²) in [6.07, 6.45) is 3.77. The lowest BCUT2D eigenvalue weighted by atomic mass is 9.86. The molecule has 0 heterocycles. The maximum absolute atomic E-state index is 13.0. The van der Waals surface area contributed by atoms with Gasteiger partial charge in [-0.25, -0.2) is 8.78 Å². The Morgan fingerprint density at radius 3 is 2.47 bits per heavy atom. The van der Waals surface area contributed by atoms with Crippen molar-refractivity contribution in [3.8, 4) is 0 Å². The summed E-state index contributed by atoms with van der Waals surface area (Å²) in [5, 5.41) is 2.86. The fourth-order valence-electron chi connectivity index (χ4n) is 2.45. The van der Waals surface area contributed by atoms with Gasteiger partial charge in [0.1, 0.15) is 0 Å². The van der Waals surface area contributed by atoms with Gasteiger partial charge in [0, 0.05) is 11.6 Å². The van der Waals surface area contributed by atoms with E-state index in [0.717, 1.165) is 37.8 Å². The summed E-state index contributed by atoms with van der Waals surface area (Å²) in [6.45, 7) is 0.684. The fraction of sp³-hybridized carbons (Fsp3) is 0.500. The molecule has 0 aliphatic heterocycles. The number of carbonyl (C=O) groups excluding carboxylic acids is 1. The van der Waals surface area contributed by atoms with E-state index in [1.165, 1.54) is 6.07 Å². The Kier molecular flexibility index (Phi) is 4.47. The lowest BCUT2D eigenvalue weighted by Crippen LogP contribution is -2.38. The van der Waals surface area contributed by atoms with E-state index < -0.39 is 11.6 Å². The number of amides is 1. The predicted molar refractivity (Wildman–Crippen MR) is 68.6 cm³/mol. The Balaban J connectivity index is 1.92. The first-order valence-corrected chi connectivity index (χ1v) is 6.56. The second kappa shape index (κ2) is 6.10. The van der Waals surface area contributed by atoms with E-state index in [9.17, 15) is 13.6 Å². The highest BCUT2D eigenvalue weighted by Gasteiger charge is 2.22. The second-order valence-corrected chi connectivity index (χ2v) is 5.06. The molecule has 0 unspecified atom stereocenters. The second-order valence-electron chi connectivity index (χ2n) is 5.06. The molecule has 104 valence electrons. The average molecular weight is 268 g/mol. The molecule has 1 amide bonds. The number of hydrogen-bond donors (Lipinski definition) is 2. The van der Waals surface area contributed by atoms with Crippen molar-refractivity contribution in [3.05, 3.63) is 35.4 Å². The van der Waals surface area contributed by atoms with Gasteiger partial charge in [-0.05, 0) is 56.3 Å². The summed E-state index contributed by atoms with van der Waals surface area (Å²) in [7, 11) is 0. The summed E-state index contributed by atoms with van der Waals surface area (Å²) >= 11 is 0. The highest BCUT2D eigenvalue weighted by Crippen LogP contribution is 2.23. The molecular formula is C14H18F2N2O. The van der Waals surface area contributed by atoms with Crippen LogP contribution in [0.1, 0.15) is 36.0 Å². The molecule has 0 atom stereocenters. The van der Waals surface area contributed by atoms with Crippen molar-refractivity contribution in [1.29, 1.82) is 0 Å². The molecule has 3 N–H and O–H groups in total. The molecule has 1 aliphatic carbocycles. The molecule has 0 bridgehead atoms. The maximum Gasteiger partial charge on any atom is 0.251 e. The third-order valence-corrected chi connectivity index (χ3v) is 3.70. The predicted octanol–water partition coefficient (Wildman–Crippen LogP) is 2.21. The molecule has 1 aromatic rings. The number of nitrogens with one attached hydrogen (secondary N) is 1. The van der Waals surface area contributed by atoms with Crippen LogP contribution in [-0.4, -0.2) is 18.5 Å². The lowest BCUT2D eigenvalue weighted by molar-refractivity contribution is 0.0922. The van der Waals surface area contributed by atoms with Crippen molar-refractivity contribution in [2.75, 3.05) is 6.54 Å². The van der Waals surface area contributed by atoms with Crippen molar-refractivity contribution in [1.82, 2.24) is 5.32 Å². The average Bonchev–Trinajstić information content (AvgIpc) is 2.42. The Morgan fingerprint density at radius 1 is 1.21 bits per heavy atom. The molecule has 0 spiro atoms. The molecule has 5 heteroatoms. The lowest BCUT2D eigenvalue weighted by Gasteiger charge is -2.28. The summed E-state index contributed by atoms with van der Waals surface area (Å²) < 4.78 is 25.8. The standard InChI is InChI=1S/C14H18F2N2O/c15-12-6-3-10(7-13(12)16)14(19)18-11-4-1-9(8-17)2-5-11/h3,6-7,9,11H,1-2,4-5,8,17H2,(H,18,19). The minimum absolute atomic E-state index is 0.100. The van der Waals surface area contributed by atoms with Crippen LogP contribution in [-0.2, 0) is 0 Å². The Labute approximate surface area is 111 Å². The fourth-order valence-corrected chi connectivity index (χ4v) is 2.45. The zero-order chi connectivity index (χ0) is 13.8.